The molecule has 0 atom stereocenters. The number of benzene rings is 2. The van der Waals surface area contributed by atoms with Crippen molar-refractivity contribution >= 4 is 5.78 Å². The molecule has 0 saturated carbocycles. The van der Waals surface area contributed by atoms with Crippen molar-refractivity contribution in [2.24, 2.45) is 0 Å². The number of carbonyl (C=O) groups excluding carboxylic acids is 1. The zero-order valence-electron chi connectivity index (χ0n) is 12.6. The van der Waals surface area contributed by atoms with Crippen LogP contribution in [0.2, 0.25) is 0 Å². The molecule has 21 heavy (non-hydrogen) atoms. The van der Waals surface area contributed by atoms with Gasteiger partial charge in [0.1, 0.15) is 5.75 Å². The van der Waals surface area contributed by atoms with Crippen LogP contribution in [0, 0.1) is 6.92 Å². The Kier molecular flexibility index (Phi) is 4.48. The lowest BCUT2D eigenvalue weighted by atomic mass is 10.0. The Hall–Kier alpha value is -2.49. The van der Waals surface area contributed by atoms with Gasteiger partial charge >= 0.3 is 0 Å². The fourth-order valence-corrected chi connectivity index (χ4v) is 2.07. The van der Waals surface area contributed by atoms with Crippen LogP contribution >= 0.6 is 0 Å². The molecule has 0 aliphatic rings. The Bertz CT molecular complexity index is 645. The second-order valence-electron chi connectivity index (χ2n) is 4.60. The van der Waals surface area contributed by atoms with Crippen LogP contribution in [-0.4, -0.2) is 27.1 Å². The topological polar surface area (TPSA) is 44.8 Å². The van der Waals surface area contributed by atoms with Crippen LogP contribution in [0.25, 0.3) is 0 Å². The number of ketones is 1. The van der Waals surface area contributed by atoms with Gasteiger partial charge in [0.05, 0.1) is 26.9 Å². The zero-order chi connectivity index (χ0) is 15.4. The minimum Gasteiger partial charge on any atom is -0.496 e. The van der Waals surface area contributed by atoms with E-state index in [0.717, 1.165) is 5.56 Å². The number of rotatable bonds is 5. The predicted octanol–water partition coefficient (Wildman–Crippen LogP) is 3.25. The Morgan fingerprint density at radius 3 is 1.86 bits per heavy atom. The van der Waals surface area contributed by atoms with E-state index in [1.165, 1.54) is 14.2 Å². The van der Waals surface area contributed by atoms with Crippen LogP contribution in [-0.2, 0) is 0 Å². The number of ether oxygens (including phenoxy) is 3. The summed E-state index contributed by atoms with van der Waals surface area (Å²) in [7, 11) is 4.59. The first-order chi connectivity index (χ1) is 10.1. The highest BCUT2D eigenvalue weighted by atomic mass is 16.5. The lowest BCUT2D eigenvalue weighted by Gasteiger charge is -2.13. The average molecular weight is 286 g/mol. The second-order valence-corrected chi connectivity index (χ2v) is 4.60. The van der Waals surface area contributed by atoms with Crippen molar-refractivity contribution in [1.82, 2.24) is 0 Å². The van der Waals surface area contributed by atoms with Crippen molar-refractivity contribution in [3.63, 3.8) is 0 Å². The molecular weight excluding hydrogens is 268 g/mol. The lowest BCUT2D eigenvalue weighted by Crippen LogP contribution is -2.05. The summed E-state index contributed by atoms with van der Waals surface area (Å²) >= 11 is 0. The van der Waals surface area contributed by atoms with Crippen molar-refractivity contribution in [2.75, 3.05) is 21.3 Å². The molecule has 0 amide bonds. The molecule has 0 heterocycles. The van der Waals surface area contributed by atoms with Crippen LogP contribution < -0.4 is 14.2 Å². The van der Waals surface area contributed by atoms with Gasteiger partial charge in [-0.05, 0) is 13.0 Å². The molecule has 0 aliphatic carbocycles. The van der Waals surface area contributed by atoms with Crippen LogP contribution in [0.15, 0.2) is 36.4 Å². The summed E-state index contributed by atoms with van der Waals surface area (Å²) in [5, 5.41) is 0. The summed E-state index contributed by atoms with van der Waals surface area (Å²) in [6.07, 6.45) is 0. The van der Waals surface area contributed by atoms with Gasteiger partial charge in [0.25, 0.3) is 0 Å². The maximum atomic E-state index is 12.6. The van der Waals surface area contributed by atoms with Crippen molar-refractivity contribution in [1.29, 1.82) is 0 Å². The molecule has 2 rings (SSSR count). The molecule has 4 nitrogen and oxygen atoms in total. The Morgan fingerprint density at radius 1 is 0.810 bits per heavy atom. The Balaban J connectivity index is 2.51. The number of aryl methyl sites for hydroxylation is 1. The SMILES string of the molecule is COc1cc(OC)c(C(=O)c2ccc(C)cc2)cc1OC. The predicted molar refractivity (Wildman–Crippen MR) is 80.7 cm³/mol. The van der Waals surface area contributed by atoms with Crippen molar-refractivity contribution in [3.05, 3.63) is 53.1 Å². The summed E-state index contributed by atoms with van der Waals surface area (Å²) in [6.45, 7) is 1.98. The molecular formula is C17H18O4. The van der Waals surface area contributed by atoms with Crippen LogP contribution in [0.4, 0.5) is 0 Å². The molecule has 0 radical (unpaired) electrons. The molecule has 0 aromatic heterocycles. The van der Waals surface area contributed by atoms with Crippen molar-refractivity contribution in [3.8, 4) is 17.2 Å². The summed E-state index contributed by atoms with van der Waals surface area (Å²) in [5.74, 6) is 1.36. The smallest absolute Gasteiger partial charge is 0.196 e. The van der Waals surface area contributed by atoms with Crippen LogP contribution in [0.1, 0.15) is 21.5 Å². The molecule has 0 unspecified atom stereocenters. The van der Waals surface area contributed by atoms with Gasteiger partial charge in [-0.1, -0.05) is 29.8 Å². The molecule has 2 aromatic rings. The van der Waals surface area contributed by atoms with Crippen molar-refractivity contribution in [2.45, 2.75) is 6.92 Å². The van der Waals surface area contributed by atoms with E-state index in [-0.39, 0.29) is 5.78 Å². The first-order valence-corrected chi connectivity index (χ1v) is 6.52. The largest absolute Gasteiger partial charge is 0.496 e. The van der Waals surface area contributed by atoms with Gasteiger partial charge in [0.2, 0.25) is 0 Å². The number of methoxy groups -OCH3 is 3. The van der Waals surface area contributed by atoms with E-state index in [2.05, 4.69) is 0 Å². The Morgan fingerprint density at radius 2 is 1.33 bits per heavy atom. The van der Waals surface area contributed by atoms with E-state index in [0.29, 0.717) is 28.4 Å². The average Bonchev–Trinajstić information content (AvgIpc) is 2.53. The number of hydrogen-bond acceptors (Lipinski definition) is 4. The zero-order valence-corrected chi connectivity index (χ0v) is 12.6. The first-order valence-electron chi connectivity index (χ1n) is 6.52. The van der Waals surface area contributed by atoms with Gasteiger partial charge in [-0.15, -0.1) is 0 Å². The van der Waals surface area contributed by atoms with E-state index in [1.807, 2.05) is 19.1 Å². The molecule has 0 aliphatic heterocycles. The van der Waals surface area contributed by atoms with E-state index in [4.69, 9.17) is 14.2 Å². The quantitative estimate of drug-likeness (QED) is 0.791. The maximum absolute atomic E-state index is 12.6. The maximum Gasteiger partial charge on any atom is 0.196 e. The van der Waals surface area contributed by atoms with Gasteiger partial charge in [-0.2, -0.15) is 0 Å². The summed E-state index contributed by atoms with van der Waals surface area (Å²) in [4.78, 5) is 12.6. The van der Waals surface area contributed by atoms with Gasteiger partial charge < -0.3 is 14.2 Å². The number of carbonyl (C=O) groups is 1. The molecule has 0 saturated heterocycles. The highest BCUT2D eigenvalue weighted by molar-refractivity contribution is 6.11. The van der Waals surface area contributed by atoms with Gasteiger partial charge in [0, 0.05) is 11.6 Å². The normalized spacial score (nSPS) is 10.1. The van der Waals surface area contributed by atoms with E-state index < -0.39 is 0 Å². The van der Waals surface area contributed by atoms with E-state index in [1.54, 1.807) is 31.4 Å². The Labute approximate surface area is 124 Å². The summed E-state index contributed by atoms with van der Waals surface area (Å²) in [5.41, 5.74) is 2.15. The summed E-state index contributed by atoms with van der Waals surface area (Å²) < 4.78 is 15.8. The van der Waals surface area contributed by atoms with Gasteiger partial charge in [-0.25, -0.2) is 0 Å². The monoisotopic (exact) mass is 286 g/mol. The lowest BCUT2D eigenvalue weighted by molar-refractivity contribution is 0.103. The van der Waals surface area contributed by atoms with Crippen molar-refractivity contribution < 1.29 is 19.0 Å². The highest BCUT2D eigenvalue weighted by Crippen LogP contribution is 2.35. The molecule has 0 fully saturated rings. The first kappa shape index (κ1) is 14.9. The molecule has 0 bridgehead atoms. The third-order valence-electron chi connectivity index (χ3n) is 3.26. The highest BCUT2D eigenvalue weighted by Gasteiger charge is 2.18. The molecule has 0 spiro atoms. The fourth-order valence-electron chi connectivity index (χ4n) is 2.07. The van der Waals surface area contributed by atoms with Crippen LogP contribution in [0.3, 0.4) is 0 Å². The molecule has 2 aromatic carbocycles. The molecule has 110 valence electrons. The molecule has 0 N–H and O–H groups in total. The third kappa shape index (κ3) is 2.99. The minimum atomic E-state index is -0.118. The summed E-state index contributed by atoms with van der Waals surface area (Å²) in [6, 6.07) is 10.7. The van der Waals surface area contributed by atoms with E-state index in [9.17, 15) is 4.79 Å². The number of hydrogen-bond donors (Lipinski definition) is 0. The standard InChI is InChI=1S/C17H18O4/c1-11-5-7-12(8-6-11)17(18)13-9-15(20-3)16(21-4)10-14(13)19-2/h5-10H,1-4H3. The fraction of sp³-hybridized carbons (Fsp3) is 0.235. The van der Waals surface area contributed by atoms with E-state index >= 15 is 0 Å². The second kappa shape index (κ2) is 6.31. The molecule has 4 heteroatoms. The third-order valence-corrected chi connectivity index (χ3v) is 3.26. The van der Waals surface area contributed by atoms with Gasteiger partial charge in [0.15, 0.2) is 17.3 Å². The van der Waals surface area contributed by atoms with Gasteiger partial charge in [-0.3, -0.25) is 4.79 Å². The minimum absolute atomic E-state index is 0.118. The van der Waals surface area contributed by atoms with Crippen LogP contribution in [0.5, 0.6) is 17.2 Å².